The van der Waals surface area contributed by atoms with E-state index in [9.17, 15) is 4.79 Å². The van der Waals surface area contributed by atoms with Crippen molar-refractivity contribution in [2.24, 2.45) is 0 Å². The summed E-state index contributed by atoms with van der Waals surface area (Å²) in [5, 5.41) is 8.44. The fraction of sp³-hybridized carbons (Fsp3) is 0.312. The third-order valence-corrected chi connectivity index (χ3v) is 4.50. The van der Waals surface area contributed by atoms with Gasteiger partial charge in [-0.3, -0.25) is 4.79 Å². The summed E-state index contributed by atoms with van der Waals surface area (Å²) in [6.45, 7) is 1.93. The third-order valence-electron chi connectivity index (χ3n) is 3.59. The van der Waals surface area contributed by atoms with Crippen LogP contribution in [0.25, 0.3) is 11.1 Å². The van der Waals surface area contributed by atoms with Gasteiger partial charge in [0.05, 0.1) is 4.88 Å². The van der Waals surface area contributed by atoms with Crippen molar-refractivity contribution in [3.63, 3.8) is 0 Å². The second-order valence-electron chi connectivity index (χ2n) is 5.05. The largest absolute Gasteiger partial charge is 0.347 e. The topological polar surface area (TPSA) is 41.1 Å². The van der Waals surface area contributed by atoms with E-state index in [0.717, 1.165) is 41.9 Å². The lowest BCUT2D eigenvalue weighted by atomic mass is 10.1. The molecule has 2 N–H and O–H groups in total. The van der Waals surface area contributed by atoms with Gasteiger partial charge in [0.1, 0.15) is 0 Å². The van der Waals surface area contributed by atoms with Crippen molar-refractivity contribution in [1.82, 2.24) is 10.6 Å². The number of piperidine rings is 1. The number of amides is 1. The average Bonchev–Trinajstić information content (AvgIpc) is 2.99. The van der Waals surface area contributed by atoms with Gasteiger partial charge < -0.3 is 10.6 Å². The molecule has 0 bridgehead atoms. The molecule has 4 heteroatoms. The fourth-order valence-corrected chi connectivity index (χ4v) is 3.38. The highest BCUT2D eigenvalue weighted by Crippen LogP contribution is 2.28. The Morgan fingerprint density at radius 2 is 2.10 bits per heavy atom. The molecule has 1 aliphatic heterocycles. The van der Waals surface area contributed by atoms with Crippen LogP contribution in [0.4, 0.5) is 0 Å². The molecule has 1 unspecified atom stereocenters. The van der Waals surface area contributed by atoms with E-state index in [1.807, 2.05) is 41.8 Å². The lowest BCUT2D eigenvalue weighted by Crippen LogP contribution is -2.45. The molecule has 1 atom stereocenters. The van der Waals surface area contributed by atoms with E-state index in [0.29, 0.717) is 0 Å². The first kappa shape index (κ1) is 13.3. The van der Waals surface area contributed by atoms with E-state index in [1.54, 1.807) is 0 Å². The van der Waals surface area contributed by atoms with Crippen LogP contribution in [0.1, 0.15) is 22.5 Å². The minimum atomic E-state index is 0.0487. The molecule has 0 saturated carbocycles. The summed E-state index contributed by atoms with van der Waals surface area (Å²) in [4.78, 5) is 13.2. The summed E-state index contributed by atoms with van der Waals surface area (Å²) in [5.41, 5.74) is 2.12. The second-order valence-corrected chi connectivity index (χ2v) is 5.96. The minimum Gasteiger partial charge on any atom is -0.347 e. The lowest BCUT2D eigenvalue weighted by Gasteiger charge is -2.23. The molecule has 1 aliphatic rings. The number of hydrogen-bond donors (Lipinski definition) is 2. The zero-order chi connectivity index (χ0) is 13.8. The number of benzene rings is 1. The molecule has 3 nitrogen and oxygen atoms in total. The summed E-state index contributed by atoms with van der Waals surface area (Å²) in [7, 11) is 0. The van der Waals surface area contributed by atoms with Crippen LogP contribution in [-0.4, -0.2) is 25.0 Å². The van der Waals surface area contributed by atoms with Gasteiger partial charge in [-0.15, -0.1) is 11.3 Å². The zero-order valence-electron chi connectivity index (χ0n) is 11.3. The van der Waals surface area contributed by atoms with Crippen molar-refractivity contribution >= 4 is 17.2 Å². The molecule has 1 amide bonds. The van der Waals surface area contributed by atoms with Crippen LogP contribution < -0.4 is 10.6 Å². The molecule has 0 aliphatic carbocycles. The van der Waals surface area contributed by atoms with Gasteiger partial charge >= 0.3 is 0 Å². The Morgan fingerprint density at radius 3 is 2.85 bits per heavy atom. The molecule has 2 heterocycles. The van der Waals surface area contributed by atoms with Crippen LogP contribution in [-0.2, 0) is 0 Å². The van der Waals surface area contributed by atoms with Gasteiger partial charge in [0.15, 0.2) is 0 Å². The van der Waals surface area contributed by atoms with Crippen LogP contribution in [0.3, 0.4) is 0 Å². The number of hydrogen-bond acceptors (Lipinski definition) is 3. The SMILES string of the molecule is O=C(NC1CCCNC1)c1sccc1-c1ccccc1. The Labute approximate surface area is 123 Å². The Morgan fingerprint density at radius 1 is 1.25 bits per heavy atom. The molecular formula is C16H18N2OS. The first-order valence-electron chi connectivity index (χ1n) is 6.99. The smallest absolute Gasteiger partial charge is 0.262 e. The highest BCUT2D eigenvalue weighted by Gasteiger charge is 2.19. The Hall–Kier alpha value is -1.65. The Balaban J connectivity index is 1.77. The van der Waals surface area contributed by atoms with Crippen molar-refractivity contribution < 1.29 is 4.79 Å². The molecule has 0 spiro atoms. The predicted octanol–water partition coefficient (Wildman–Crippen LogP) is 2.90. The van der Waals surface area contributed by atoms with E-state index in [4.69, 9.17) is 0 Å². The lowest BCUT2D eigenvalue weighted by molar-refractivity contribution is 0.0935. The van der Waals surface area contributed by atoms with Gasteiger partial charge in [0.2, 0.25) is 0 Å². The maximum absolute atomic E-state index is 12.4. The molecule has 2 aromatic rings. The maximum atomic E-state index is 12.4. The molecule has 1 aromatic carbocycles. The molecule has 20 heavy (non-hydrogen) atoms. The van der Waals surface area contributed by atoms with E-state index in [-0.39, 0.29) is 11.9 Å². The highest BCUT2D eigenvalue weighted by molar-refractivity contribution is 7.12. The summed E-state index contributed by atoms with van der Waals surface area (Å²) in [5.74, 6) is 0.0487. The molecule has 1 saturated heterocycles. The molecule has 1 aromatic heterocycles. The van der Waals surface area contributed by atoms with Crippen LogP contribution in [0, 0.1) is 0 Å². The molecule has 0 radical (unpaired) electrons. The van der Waals surface area contributed by atoms with Crippen LogP contribution >= 0.6 is 11.3 Å². The van der Waals surface area contributed by atoms with Gasteiger partial charge in [0.25, 0.3) is 5.91 Å². The van der Waals surface area contributed by atoms with Crippen LogP contribution in [0.2, 0.25) is 0 Å². The highest BCUT2D eigenvalue weighted by atomic mass is 32.1. The van der Waals surface area contributed by atoms with Crippen molar-refractivity contribution in [2.75, 3.05) is 13.1 Å². The van der Waals surface area contributed by atoms with Gasteiger partial charge in [-0.1, -0.05) is 30.3 Å². The predicted molar refractivity (Wildman–Crippen MR) is 83.1 cm³/mol. The zero-order valence-corrected chi connectivity index (χ0v) is 12.1. The van der Waals surface area contributed by atoms with E-state index >= 15 is 0 Å². The monoisotopic (exact) mass is 286 g/mol. The molecule has 104 valence electrons. The van der Waals surface area contributed by atoms with E-state index < -0.39 is 0 Å². The first-order chi connectivity index (χ1) is 9.84. The number of thiophene rings is 1. The Kier molecular flexibility index (Phi) is 4.14. The normalized spacial score (nSPS) is 18.7. The van der Waals surface area contributed by atoms with Crippen molar-refractivity contribution in [1.29, 1.82) is 0 Å². The maximum Gasteiger partial charge on any atom is 0.262 e. The van der Waals surface area contributed by atoms with E-state index in [2.05, 4.69) is 10.6 Å². The number of rotatable bonds is 3. The quantitative estimate of drug-likeness (QED) is 0.911. The molecule has 1 fully saturated rings. The van der Waals surface area contributed by atoms with Crippen LogP contribution in [0.5, 0.6) is 0 Å². The summed E-state index contributed by atoms with van der Waals surface area (Å²) in [6.07, 6.45) is 2.19. The van der Waals surface area contributed by atoms with Crippen molar-refractivity contribution in [3.05, 3.63) is 46.7 Å². The number of carbonyl (C=O) groups excluding carboxylic acids is 1. The number of nitrogens with one attached hydrogen (secondary N) is 2. The minimum absolute atomic E-state index is 0.0487. The molecule has 3 rings (SSSR count). The standard InChI is InChI=1S/C16H18N2OS/c19-16(18-13-7-4-9-17-11-13)15-14(8-10-20-15)12-5-2-1-3-6-12/h1-3,5-6,8,10,13,17H,4,7,9,11H2,(H,18,19). The average molecular weight is 286 g/mol. The Bertz CT molecular complexity index is 573. The summed E-state index contributed by atoms with van der Waals surface area (Å²) < 4.78 is 0. The molecular weight excluding hydrogens is 268 g/mol. The summed E-state index contributed by atoms with van der Waals surface area (Å²) in [6, 6.07) is 12.3. The van der Waals surface area contributed by atoms with Crippen molar-refractivity contribution in [2.45, 2.75) is 18.9 Å². The van der Waals surface area contributed by atoms with Crippen LogP contribution in [0.15, 0.2) is 41.8 Å². The fourth-order valence-electron chi connectivity index (χ4n) is 2.56. The van der Waals surface area contributed by atoms with Gasteiger partial charge in [-0.2, -0.15) is 0 Å². The first-order valence-corrected chi connectivity index (χ1v) is 7.87. The van der Waals surface area contributed by atoms with Gasteiger partial charge in [-0.25, -0.2) is 0 Å². The second kappa shape index (κ2) is 6.20. The third kappa shape index (κ3) is 2.92. The van der Waals surface area contributed by atoms with E-state index in [1.165, 1.54) is 11.3 Å². The summed E-state index contributed by atoms with van der Waals surface area (Å²) >= 11 is 1.51. The number of carbonyl (C=O) groups is 1. The van der Waals surface area contributed by atoms with Gasteiger partial charge in [-0.05, 0) is 36.4 Å². The van der Waals surface area contributed by atoms with Crippen molar-refractivity contribution in [3.8, 4) is 11.1 Å². The van der Waals surface area contributed by atoms with Gasteiger partial charge in [0, 0.05) is 18.2 Å².